The molecule has 0 spiro atoms. The highest BCUT2D eigenvalue weighted by Crippen LogP contribution is 2.14. The number of esters is 1. The Morgan fingerprint density at radius 2 is 1.24 bits per heavy atom. The van der Waals surface area contributed by atoms with E-state index < -0.39 is 71.6 Å². The lowest BCUT2D eigenvalue weighted by molar-refractivity contribution is -0.133. The first-order valence-electron chi connectivity index (χ1n) is 14.7. The van der Waals surface area contributed by atoms with Crippen LogP contribution in [0, 0.1) is 17.6 Å². The maximum atomic E-state index is 14.0. The molecule has 0 aliphatic carbocycles. The zero-order valence-corrected chi connectivity index (χ0v) is 25.8. The van der Waals surface area contributed by atoms with Crippen molar-refractivity contribution in [3.8, 4) is 0 Å². The van der Waals surface area contributed by atoms with Gasteiger partial charge in [-0.2, -0.15) is 0 Å². The Morgan fingerprint density at radius 1 is 0.674 bits per heavy atom. The van der Waals surface area contributed by atoms with Crippen molar-refractivity contribution in [2.45, 2.75) is 58.3 Å². The number of carbonyl (C=O) groups is 5. The number of alkyl carbamates (subject to hydrolysis) is 1. The molecule has 3 rings (SSSR count). The summed E-state index contributed by atoms with van der Waals surface area (Å²) in [5, 5.41) is 7.67. The van der Waals surface area contributed by atoms with Gasteiger partial charge in [0, 0.05) is 0 Å². The number of ether oxygens (including phenoxy) is 2. The van der Waals surface area contributed by atoms with Gasteiger partial charge in [0.05, 0.1) is 6.04 Å². The molecule has 0 bridgehead atoms. The molecule has 3 amide bonds. The van der Waals surface area contributed by atoms with E-state index in [4.69, 9.17) is 9.47 Å². The van der Waals surface area contributed by atoms with E-state index in [0.717, 1.165) is 23.8 Å². The van der Waals surface area contributed by atoms with Crippen molar-refractivity contribution in [1.82, 2.24) is 16.0 Å². The molecule has 0 saturated carbocycles. The molecule has 0 fully saturated rings. The number of halogens is 2. The zero-order valence-electron chi connectivity index (χ0n) is 25.8. The molecule has 0 heterocycles. The molecule has 0 aromatic heterocycles. The molecule has 2 unspecified atom stereocenters. The van der Waals surface area contributed by atoms with E-state index >= 15 is 0 Å². The lowest BCUT2D eigenvalue weighted by atomic mass is 9.99. The van der Waals surface area contributed by atoms with Crippen LogP contribution in [0.5, 0.6) is 0 Å². The Hall–Kier alpha value is -5.13. The first kappa shape index (κ1) is 35.4. The number of benzene rings is 3. The van der Waals surface area contributed by atoms with Gasteiger partial charge in [-0.25, -0.2) is 18.4 Å². The summed E-state index contributed by atoms with van der Waals surface area (Å²) in [5.41, 5.74) is 0.492. The van der Waals surface area contributed by atoms with Crippen LogP contribution in [0.2, 0.25) is 0 Å². The second-order valence-electron chi connectivity index (χ2n) is 11.0. The predicted molar refractivity (Wildman–Crippen MR) is 164 cm³/mol. The first-order valence-corrected chi connectivity index (χ1v) is 14.7. The van der Waals surface area contributed by atoms with Crippen molar-refractivity contribution >= 4 is 29.7 Å². The van der Waals surface area contributed by atoms with E-state index in [9.17, 15) is 32.8 Å². The van der Waals surface area contributed by atoms with Gasteiger partial charge in [0.15, 0.2) is 12.4 Å². The average Bonchev–Trinajstić information content (AvgIpc) is 3.02. The largest absolute Gasteiger partial charge is 0.454 e. The van der Waals surface area contributed by atoms with Gasteiger partial charge in [0.25, 0.3) is 0 Å². The predicted octanol–water partition coefficient (Wildman–Crippen LogP) is 4.26. The van der Waals surface area contributed by atoms with E-state index in [1.165, 1.54) is 6.92 Å². The molecule has 46 heavy (non-hydrogen) atoms. The maximum Gasteiger partial charge on any atom is 0.408 e. The molecular formula is C34H37F2N3O7. The Balaban J connectivity index is 1.67. The number of hydrogen-bond donors (Lipinski definition) is 3. The van der Waals surface area contributed by atoms with Crippen molar-refractivity contribution in [1.29, 1.82) is 0 Å². The normalized spacial score (nSPS) is 12.7. The fourth-order valence-corrected chi connectivity index (χ4v) is 4.38. The van der Waals surface area contributed by atoms with Crippen LogP contribution in [-0.4, -0.2) is 54.4 Å². The summed E-state index contributed by atoms with van der Waals surface area (Å²) in [5.74, 6) is -5.82. The summed E-state index contributed by atoms with van der Waals surface area (Å²) in [6.07, 6.45) is -0.629. The molecule has 0 aliphatic heterocycles. The van der Waals surface area contributed by atoms with Crippen molar-refractivity contribution in [3.05, 3.63) is 107 Å². The Kier molecular flexibility index (Phi) is 13.4. The quantitative estimate of drug-likeness (QED) is 0.212. The minimum absolute atomic E-state index is 0.000759. The number of carbonyl (C=O) groups excluding carboxylic acids is 5. The standard InChI is InChI=1S/C34H37F2N3O7/c1-21(2)17-28(39-31(41)22(3)37-34(44)46-19-24-13-8-5-9-14-24)32(42)38-27(18-23-11-6-4-7-12-23)29(40)20-45-33(43)30-25(35)15-10-16-26(30)36/h4-16,21-22,27-28H,17-20H2,1-3H3,(H,37,44)(H,38,42)(H,39,41)/t22-,27?,28?/m1/s1. The van der Waals surface area contributed by atoms with E-state index in [0.29, 0.717) is 5.56 Å². The van der Waals surface area contributed by atoms with Crippen LogP contribution in [0.15, 0.2) is 78.9 Å². The summed E-state index contributed by atoms with van der Waals surface area (Å²) >= 11 is 0. The highest BCUT2D eigenvalue weighted by atomic mass is 19.1. The van der Waals surface area contributed by atoms with E-state index in [-0.39, 0.29) is 25.4 Å². The Bertz CT molecular complexity index is 1480. The molecular weight excluding hydrogens is 600 g/mol. The minimum Gasteiger partial charge on any atom is -0.454 e. The fraction of sp³-hybridized carbons (Fsp3) is 0.324. The second-order valence-corrected chi connectivity index (χ2v) is 11.0. The highest BCUT2D eigenvalue weighted by Gasteiger charge is 2.30. The van der Waals surface area contributed by atoms with Gasteiger partial charge in [-0.1, -0.05) is 80.6 Å². The smallest absolute Gasteiger partial charge is 0.408 e. The lowest BCUT2D eigenvalue weighted by Crippen LogP contribution is -2.56. The van der Waals surface area contributed by atoms with Gasteiger partial charge in [0.2, 0.25) is 11.8 Å². The number of hydrogen-bond acceptors (Lipinski definition) is 7. The van der Waals surface area contributed by atoms with Gasteiger partial charge < -0.3 is 25.4 Å². The molecule has 3 atom stereocenters. The zero-order chi connectivity index (χ0) is 33.6. The molecule has 3 N–H and O–H groups in total. The SMILES string of the molecule is CC(C)CC(NC(=O)[C@@H](C)NC(=O)OCc1ccccc1)C(=O)NC(Cc1ccccc1)C(=O)COC(=O)c1c(F)cccc1F. The number of ketones is 1. The van der Waals surface area contributed by atoms with Crippen LogP contribution in [0.4, 0.5) is 13.6 Å². The topological polar surface area (TPSA) is 140 Å². The van der Waals surface area contributed by atoms with Crippen LogP contribution in [-0.2, 0) is 36.9 Å². The van der Waals surface area contributed by atoms with E-state index in [2.05, 4.69) is 16.0 Å². The number of amides is 3. The van der Waals surface area contributed by atoms with Crippen molar-refractivity contribution < 1.29 is 42.2 Å². The van der Waals surface area contributed by atoms with Crippen LogP contribution >= 0.6 is 0 Å². The first-order chi connectivity index (χ1) is 21.9. The Labute approximate surface area is 265 Å². The highest BCUT2D eigenvalue weighted by molar-refractivity contribution is 5.96. The van der Waals surface area contributed by atoms with Gasteiger partial charge in [0.1, 0.15) is 35.9 Å². The van der Waals surface area contributed by atoms with E-state index in [1.54, 1.807) is 54.6 Å². The molecule has 0 saturated heterocycles. The molecule has 10 nitrogen and oxygen atoms in total. The van der Waals surface area contributed by atoms with Gasteiger partial charge in [-0.05, 0) is 48.9 Å². The average molecular weight is 638 g/mol. The van der Waals surface area contributed by atoms with Crippen LogP contribution < -0.4 is 16.0 Å². The molecule has 0 radical (unpaired) electrons. The summed E-state index contributed by atoms with van der Waals surface area (Å²) < 4.78 is 38.1. The lowest BCUT2D eigenvalue weighted by Gasteiger charge is -2.25. The Morgan fingerprint density at radius 3 is 1.83 bits per heavy atom. The van der Waals surface area contributed by atoms with Crippen LogP contribution in [0.25, 0.3) is 0 Å². The third-order valence-electron chi connectivity index (χ3n) is 6.78. The van der Waals surface area contributed by atoms with Crippen LogP contribution in [0.1, 0.15) is 48.7 Å². The molecule has 3 aromatic rings. The third-order valence-corrected chi connectivity index (χ3v) is 6.78. The van der Waals surface area contributed by atoms with Crippen molar-refractivity contribution in [2.24, 2.45) is 5.92 Å². The second kappa shape index (κ2) is 17.4. The van der Waals surface area contributed by atoms with Gasteiger partial charge in [-0.15, -0.1) is 0 Å². The fourth-order valence-electron chi connectivity index (χ4n) is 4.38. The third kappa shape index (κ3) is 11.1. The molecule has 3 aromatic carbocycles. The minimum atomic E-state index is -1.37. The molecule has 0 aliphatic rings. The van der Waals surface area contributed by atoms with Gasteiger partial charge >= 0.3 is 12.1 Å². The molecule has 12 heteroatoms. The summed E-state index contributed by atoms with van der Waals surface area (Å²) in [6.45, 7) is 4.22. The summed E-state index contributed by atoms with van der Waals surface area (Å²) in [6, 6.07) is 17.1. The van der Waals surface area contributed by atoms with Crippen molar-refractivity contribution in [3.63, 3.8) is 0 Å². The summed E-state index contributed by atoms with van der Waals surface area (Å²) in [4.78, 5) is 64.3. The van der Waals surface area contributed by atoms with E-state index in [1.807, 2.05) is 19.9 Å². The number of nitrogens with one attached hydrogen (secondary N) is 3. The van der Waals surface area contributed by atoms with Crippen LogP contribution in [0.3, 0.4) is 0 Å². The number of rotatable bonds is 15. The monoisotopic (exact) mass is 637 g/mol. The van der Waals surface area contributed by atoms with Gasteiger partial charge in [-0.3, -0.25) is 14.4 Å². The maximum absolute atomic E-state index is 14.0. The number of Topliss-reactive ketones (excluding diaryl/α,β-unsaturated/α-hetero) is 1. The summed E-state index contributed by atoms with van der Waals surface area (Å²) in [7, 11) is 0. The van der Waals surface area contributed by atoms with Crippen molar-refractivity contribution in [2.75, 3.05) is 6.61 Å². The molecule has 244 valence electrons.